The van der Waals surface area contributed by atoms with Crippen molar-refractivity contribution in [3.05, 3.63) is 51.5 Å². The number of fused-ring (bicyclic) bond motifs is 1. The number of halogens is 1. The molecule has 5 nitrogen and oxygen atoms in total. The Kier molecular flexibility index (Phi) is 3.33. The lowest BCUT2D eigenvalue weighted by Crippen LogP contribution is -2.09. The van der Waals surface area contributed by atoms with E-state index in [1.54, 1.807) is 10.7 Å². The molecule has 0 fully saturated rings. The van der Waals surface area contributed by atoms with Gasteiger partial charge in [-0.05, 0) is 35.1 Å². The fourth-order valence-corrected chi connectivity index (χ4v) is 2.32. The Morgan fingerprint density at radius 1 is 1.21 bits per heavy atom. The molecule has 2 aromatic heterocycles. The van der Waals surface area contributed by atoms with Crippen molar-refractivity contribution in [2.24, 2.45) is 0 Å². The summed E-state index contributed by atoms with van der Waals surface area (Å²) in [6, 6.07) is 10.2. The van der Waals surface area contributed by atoms with Gasteiger partial charge in [-0.3, -0.25) is 0 Å². The molecule has 19 heavy (non-hydrogen) atoms. The Bertz CT molecular complexity index is 708. The number of hydrogen-bond acceptors (Lipinski definition) is 4. The van der Waals surface area contributed by atoms with E-state index in [-0.39, 0.29) is 0 Å². The lowest BCUT2D eigenvalue weighted by atomic mass is 10.2. The van der Waals surface area contributed by atoms with Gasteiger partial charge >= 0.3 is 0 Å². The van der Waals surface area contributed by atoms with Crippen molar-refractivity contribution in [1.82, 2.24) is 19.6 Å². The lowest BCUT2D eigenvalue weighted by molar-refractivity contribution is 0.861. The zero-order chi connectivity index (χ0) is 13.2. The third-order valence-corrected chi connectivity index (χ3v) is 3.49. The Hall–Kier alpha value is -1.70. The Labute approximate surface area is 124 Å². The number of aryl methyl sites for hydroxylation is 1. The molecule has 0 aliphatic heterocycles. The van der Waals surface area contributed by atoms with Crippen molar-refractivity contribution in [1.29, 1.82) is 0 Å². The van der Waals surface area contributed by atoms with E-state index < -0.39 is 0 Å². The minimum absolute atomic E-state index is 0.711. The number of rotatable bonds is 3. The van der Waals surface area contributed by atoms with E-state index in [1.807, 2.05) is 25.1 Å². The van der Waals surface area contributed by atoms with Gasteiger partial charge in [0.05, 0.1) is 9.77 Å². The van der Waals surface area contributed by atoms with Gasteiger partial charge in [0.2, 0.25) is 5.95 Å². The fraction of sp³-hybridized carbons (Fsp3) is 0.154. The predicted molar refractivity (Wildman–Crippen MR) is 82.0 cm³/mol. The van der Waals surface area contributed by atoms with Crippen LogP contribution in [-0.2, 0) is 6.54 Å². The van der Waals surface area contributed by atoms with Gasteiger partial charge < -0.3 is 5.32 Å². The molecule has 0 aliphatic rings. The number of nitrogens with one attached hydrogen (secondary N) is 1. The first-order valence-electron chi connectivity index (χ1n) is 5.90. The molecule has 96 valence electrons. The SMILES string of the molecule is Cc1nc(NCc2ccccc2)n2ncc(I)c2n1. The molecular weight excluding hydrogens is 353 g/mol. The molecule has 0 saturated carbocycles. The second kappa shape index (κ2) is 5.12. The van der Waals surface area contributed by atoms with E-state index >= 15 is 0 Å². The van der Waals surface area contributed by atoms with E-state index in [0.717, 1.165) is 15.0 Å². The van der Waals surface area contributed by atoms with Crippen LogP contribution in [0.3, 0.4) is 0 Å². The van der Waals surface area contributed by atoms with Crippen LogP contribution in [0.5, 0.6) is 0 Å². The van der Waals surface area contributed by atoms with E-state index in [2.05, 4.69) is 55.1 Å². The summed E-state index contributed by atoms with van der Waals surface area (Å²) in [5.41, 5.74) is 2.04. The molecule has 0 saturated heterocycles. The standard InChI is InChI=1S/C13H12IN5/c1-9-17-12-11(14)8-16-19(12)13(18-9)15-7-10-5-3-2-4-6-10/h2-6,8H,7H2,1H3,(H,15,17,18). The fourth-order valence-electron chi connectivity index (χ4n) is 1.85. The van der Waals surface area contributed by atoms with Crippen molar-refractivity contribution in [3.8, 4) is 0 Å². The van der Waals surface area contributed by atoms with Gasteiger partial charge in [-0.2, -0.15) is 14.6 Å². The maximum atomic E-state index is 4.40. The maximum absolute atomic E-state index is 4.40. The van der Waals surface area contributed by atoms with Gasteiger partial charge in [0, 0.05) is 6.54 Å². The molecular formula is C13H12IN5. The molecule has 0 unspecified atom stereocenters. The normalized spacial score (nSPS) is 10.8. The number of aromatic nitrogens is 4. The van der Waals surface area contributed by atoms with Crippen molar-refractivity contribution in [2.75, 3.05) is 5.32 Å². The summed E-state index contributed by atoms with van der Waals surface area (Å²) in [7, 11) is 0. The minimum Gasteiger partial charge on any atom is -0.350 e. The summed E-state index contributed by atoms with van der Waals surface area (Å²) >= 11 is 2.23. The van der Waals surface area contributed by atoms with E-state index in [1.165, 1.54) is 5.56 Å². The van der Waals surface area contributed by atoms with Crippen LogP contribution in [0.1, 0.15) is 11.4 Å². The molecule has 3 rings (SSSR count). The number of hydrogen-bond donors (Lipinski definition) is 1. The molecule has 1 N–H and O–H groups in total. The van der Waals surface area contributed by atoms with Crippen LogP contribution < -0.4 is 5.32 Å². The average molecular weight is 365 g/mol. The van der Waals surface area contributed by atoms with Crippen molar-refractivity contribution < 1.29 is 0 Å². The highest BCUT2D eigenvalue weighted by Crippen LogP contribution is 2.15. The highest BCUT2D eigenvalue weighted by atomic mass is 127. The van der Waals surface area contributed by atoms with Crippen LogP contribution in [0.4, 0.5) is 5.95 Å². The molecule has 1 aromatic carbocycles. The summed E-state index contributed by atoms with van der Waals surface area (Å²) < 4.78 is 2.75. The topological polar surface area (TPSA) is 55.1 Å². The predicted octanol–water partition coefficient (Wildman–Crippen LogP) is 2.65. The molecule has 0 amide bonds. The van der Waals surface area contributed by atoms with Gasteiger partial charge in [-0.25, -0.2) is 4.98 Å². The summed E-state index contributed by atoms with van der Waals surface area (Å²) in [5, 5.41) is 7.60. The average Bonchev–Trinajstić information content (AvgIpc) is 2.79. The van der Waals surface area contributed by atoms with Crippen LogP contribution in [0.25, 0.3) is 5.65 Å². The molecule has 0 atom stereocenters. The summed E-state index contributed by atoms with van der Waals surface area (Å²) in [5.74, 6) is 1.45. The van der Waals surface area contributed by atoms with Crippen LogP contribution in [0.2, 0.25) is 0 Å². The highest BCUT2D eigenvalue weighted by Gasteiger charge is 2.09. The first kappa shape index (κ1) is 12.3. The third-order valence-electron chi connectivity index (χ3n) is 2.73. The zero-order valence-corrected chi connectivity index (χ0v) is 12.5. The number of nitrogens with zero attached hydrogens (tertiary/aromatic N) is 4. The van der Waals surface area contributed by atoms with Crippen molar-refractivity contribution in [2.45, 2.75) is 13.5 Å². The number of benzene rings is 1. The monoisotopic (exact) mass is 365 g/mol. The second-order valence-electron chi connectivity index (χ2n) is 4.16. The van der Waals surface area contributed by atoms with Gasteiger partial charge in [0.25, 0.3) is 0 Å². The molecule has 2 heterocycles. The summed E-state index contributed by atoms with van der Waals surface area (Å²) in [6.07, 6.45) is 1.79. The zero-order valence-electron chi connectivity index (χ0n) is 10.3. The van der Waals surface area contributed by atoms with E-state index in [4.69, 9.17) is 0 Å². The Balaban J connectivity index is 1.92. The largest absolute Gasteiger partial charge is 0.350 e. The van der Waals surface area contributed by atoms with Crippen molar-refractivity contribution in [3.63, 3.8) is 0 Å². The van der Waals surface area contributed by atoms with Crippen LogP contribution in [0, 0.1) is 10.5 Å². The highest BCUT2D eigenvalue weighted by molar-refractivity contribution is 14.1. The van der Waals surface area contributed by atoms with Gasteiger partial charge in [-0.15, -0.1) is 0 Å². The lowest BCUT2D eigenvalue weighted by Gasteiger charge is -2.08. The molecule has 0 radical (unpaired) electrons. The van der Waals surface area contributed by atoms with Gasteiger partial charge in [-0.1, -0.05) is 30.3 Å². The molecule has 0 bridgehead atoms. The molecule has 3 aromatic rings. The van der Waals surface area contributed by atoms with Gasteiger partial charge in [0.15, 0.2) is 5.65 Å². The number of anilines is 1. The quantitative estimate of drug-likeness (QED) is 0.726. The van der Waals surface area contributed by atoms with Crippen LogP contribution in [-0.4, -0.2) is 19.6 Å². The molecule has 0 spiro atoms. The smallest absolute Gasteiger partial charge is 0.227 e. The Morgan fingerprint density at radius 3 is 2.79 bits per heavy atom. The summed E-state index contributed by atoms with van der Waals surface area (Å²) in [6.45, 7) is 2.60. The van der Waals surface area contributed by atoms with Crippen LogP contribution >= 0.6 is 22.6 Å². The van der Waals surface area contributed by atoms with Gasteiger partial charge in [0.1, 0.15) is 5.82 Å². The first-order chi connectivity index (χ1) is 9.24. The summed E-state index contributed by atoms with van der Waals surface area (Å²) in [4.78, 5) is 8.80. The Morgan fingerprint density at radius 2 is 2.00 bits per heavy atom. The van der Waals surface area contributed by atoms with Crippen LogP contribution in [0.15, 0.2) is 36.5 Å². The van der Waals surface area contributed by atoms with E-state index in [0.29, 0.717) is 12.5 Å². The van der Waals surface area contributed by atoms with E-state index in [9.17, 15) is 0 Å². The third kappa shape index (κ3) is 2.53. The second-order valence-corrected chi connectivity index (χ2v) is 5.32. The maximum Gasteiger partial charge on any atom is 0.227 e. The molecule has 0 aliphatic carbocycles. The molecule has 6 heteroatoms. The van der Waals surface area contributed by atoms with Crippen molar-refractivity contribution >= 4 is 34.2 Å². The first-order valence-corrected chi connectivity index (χ1v) is 6.97. The minimum atomic E-state index is 0.711.